The van der Waals surface area contributed by atoms with Crippen LogP contribution < -0.4 is 5.32 Å². The predicted molar refractivity (Wildman–Crippen MR) is 80.4 cm³/mol. The molecule has 2 aromatic rings. The summed E-state index contributed by atoms with van der Waals surface area (Å²) >= 11 is 0. The van der Waals surface area contributed by atoms with Crippen LogP contribution in [0.5, 0.6) is 0 Å². The molecule has 2 rings (SSSR count). The van der Waals surface area contributed by atoms with Crippen molar-refractivity contribution in [3.05, 3.63) is 53.3 Å². The molecule has 0 saturated heterocycles. The van der Waals surface area contributed by atoms with Gasteiger partial charge in [0.1, 0.15) is 0 Å². The average molecular weight is 286 g/mol. The molecule has 1 heterocycles. The molecular weight excluding hydrogens is 268 g/mol. The van der Waals surface area contributed by atoms with Crippen LogP contribution in [0.15, 0.2) is 36.7 Å². The number of rotatable bonds is 4. The number of H-pyrrole nitrogens is 1. The fourth-order valence-electron chi connectivity index (χ4n) is 2.05. The molecular formula is C16H18N2O3. The normalized spacial score (nSPS) is 11.8. The van der Waals surface area contributed by atoms with Gasteiger partial charge in [0.25, 0.3) is 5.91 Å². The van der Waals surface area contributed by atoms with Crippen molar-refractivity contribution < 1.29 is 14.3 Å². The monoisotopic (exact) mass is 286 g/mol. The van der Waals surface area contributed by atoms with Gasteiger partial charge in [0, 0.05) is 18.1 Å². The van der Waals surface area contributed by atoms with Crippen molar-refractivity contribution in [3.63, 3.8) is 0 Å². The highest BCUT2D eigenvalue weighted by Gasteiger charge is 2.15. The molecule has 0 aliphatic heterocycles. The molecule has 0 radical (unpaired) electrons. The number of anilines is 1. The smallest absolute Gasteiger partial charge is 0.312 e. The number of aryl methyl sites for hydroxylation is 1. The Kier molecular flexibility index (Phi) is 4.42. The number of ether oxygens (including phenoxy) is 1. The van der Waals surface area contributed by atoms with E-state index in [1.807, 2.05) is 6.92 Å². The number of benzene rings is 1. The van der Waals surface area contributed by atoms with Crippen molar-refractivity contribution >= 4 is 17.6 Å². The van der Waals surface area contributed by atoms with Crippen LogP contribution in [0.3, 0.4) is 0 Å². The van der Waals surface area contributed by atoms with Crippen LogP contribution in [-0.2, 0) is 9.53 Å². The first kappa shape index (κ1) is 14.8. The number of hydrogen-bond acceptors (Lipinski definition) is 3. The third-order valence-electron chi connectivity index (χ3n) is 3.42. The summed E-state index contributed by atoms with van der Waals surface area (Å²) in [6.07, 6.45) is 3.44. The van der Waals surface area contributed by atoms with Gasteiger partial charge in [-0.05, 0) is 37.1 Å². The summed E-state index contributed by atoms with van der Waals surface area (Å²) in [5, 5.41) is 2.82. The van der Waals surface area contributed by atoms with E-state index in [2.05, 4.69) is 10.3 Å². The van der Waals surface area contributed by atoms with Crippen LogP contribution in [0.2, 0.25) is 0 Å². The first-order valence-electron chi connectivity index (χ1n) is 6.65. The Bertz CT molecular complexity index is 644. The lowest BCUT2D eigenvalue weighted by Gasteiger charge is -2.10. The summed E-state index contributed by atoms with van der Waals surface area (Å²) in [4.78, 5) is 26.4. The van der Waals surface area contributed by atoms with Crippen molar-refractivity contribution in [1.29, 1.82) is 0 Å². The van der Waals surface area contributed by atoms with Gasteiger partial charge in [-0.25, -0.2) is 0 Å². The number of nitrogens with one attached hydrogen (secondary N) is 2. The summed E-state index contributed by atoms with van der Waals surface area (Å²) in [5.74, 6) is -0.774. The number of aromatic amines is 1. The zero-order valence-electron chi connectivity index (χ0n) is 12.3. The molecule has 0 spiro atoms. The average Bonchev–Trinajstić information content (AvgIpc) is 2.92. The molecule has 5 nitrogen and oxygen atoms in total. The van der Waals surface area contributed by atoms with E-state index in [1.54, 1.807) is 43.6 Å². The Morgan fingerprint density at radius 1 is 1.19 bits per heavy atom. The Morgan fingerprint density at radius 3 is 2.38 bits per heavy atom. The molecule has 1 aromatic heterocycles. The van der Waals surface area contributed by atoms with E-state index in [0.717, 1.165) is 11.1 Å². The molecule has 1 amide bonds. The molecule has 21 heavy (non-hydrogen) atoms. The lowest BCUT2D eigenvalue weighted by Crippen LogP contribution is -2.13. The van der Waals surface area contributed by atoms with Crippen molar-refractivity contribution in [2.24, 2.45) is 0 Å². The second-order valence-electron chi connectivity index (χ2n) is 4.87. The minimum atomic E-state index is -0.327. The molecule has 1 atom stereocenters. The van der Waals surface area contributed by atoms with Crippen LogP contribution in [0.25, 0.3) is 0 Å². The van der Waals surface area contributed by atoms with Crippen LogP contribution in [0.1, 0.15) is 34.3 Å². The van der Waals surface area contributed by atoms with E-state index in [-0.39, 0.29) is 17.8 Å². The second kappa shape index (κ2) is 6.26. The minimum Gasteiger partial charge on any atom is -0.469 e. The fraction of sp³-hybridized carbons (Fsp3) is 0.250. The van der Waals surface area contributed by atoms with Gasteiger partial charge in [0.05, 0.1) is 18.6 Å². The molecule has 0 bridgehead atoms. The maximum Gasteiger partial charge on any atom is 0.312 e. The number of esters is 1. The van der Waals surface area contributed by atoms with Gasteiger partial charge in [-0.3, -0.25) is 9.59 Å². The van der Waals surface area contributed by atoms with Gasteiger partial charge in [-0.2, -0.15) is 0 Å². The van der Waals surface area contributed by atoms with E-state index in [0.29, 0.717) is 11.3 Å². The number of carbonyl (C=O) groups is 2. The van der Waals surface area contributed by atoms with Crippen LogP contribution in [0.4, 0.5) is 5.69 Å². The first-order valence-corrected chi connectivity index (χ1v) is 6.65. The summed E-state index contributed by atoms with van der Waals surface area (Å²) in [7, 11) is 1.37. The quantitative estimate of drug-likeness (QED) is 0.849. The van der Waals surface area contributed by atoms with E-state index in [1.165, 1.54) is 7.11 Å². The highest BCUT2D eigenvalue weighted by atomic mass is 16.5. The molecule has 0 aliphatic carbocycles. The maximum atomic E-state index is 12.1. The van der Waals surface area contributed by atoms with Crippen LogP contribution in [0, 0.1) is 6.92 Å². The van der Waals surface area contributed by atoms with E-state index in [9.17, 15) is 9.59 Å². The Hall–Kier alpha value is -2.56. The number of carbonyl (C=O) groups excluding carboxylic acids is 2. The summed E-state index contributed by atoms with van der Waals surface area (Å²) in [6.45, 7) is 3.65. The minimum absolute atomic E-state index is 0.164. The molecule has 0 fully saturated rings. The third-order valence-corrected chi connectivity index (χ3v) is 3.42. The lowest BCUT2D eigenvalue weighted by molar-refractivity contribution is -0.141. The fourth-order valence-corrected chi connectivity index (χ4v) is 2.05. The zero-order valence-corrected chi connectivity index (χ0v) is 12.3. The Morgan fingerprint density at radius 2 is 1.86 bits per heavy atom. The van der Waals surface area contributed by atoms with Crippen LogP contribution >= 0.6 is 0 Å². The second-order valence-corrected chi connectivity index (χ2v) is 4.87. The SMILES string of the molecule is COC(=O)[C@H](C)c1ccc(NC(=O)c2c[nH]cc2C)cc1. The third kappa shape index (κ3) is 3.31. The number of methoxy groups -OCH3 is 1. The van der Waals surface area contributed by atoms with E-state index < -0.39 is 0 Å². The van der Waals surface area contributed by atoms with Crippen molar-refractivity contribution in [1.82, 2.24) is 4.98 Å². The van der Waals surface area contributed by atoms with Gasteiger partial charge in [-0.15, -0.1) is 0 Å². The summed E-state index contributed by atoms with van der Waals surface area (Å²) in [6, 6.07) is 7.16. The van der Waals surface area contributed by atoms with Crippen LogP contribution in [-0.4, -0.2) is 24.0 Å². The molecule has 1 aromatic carbocycles. The highest BCUT2D eigenvalue weighted by Crippen LogP contribution is 2.20. The largest absolute Gasteiger partial charge is 0.469 e. The van der Waals surface area contributed by atoms with E-state index >= 15 is 0 Å². The van der Waals surface area contributed by atoms with Gasteiger partial charge < -0.3 is 15.0 Å². The first-order chi connectivity index (χ1) is 10.0. The number of hydrogen-bond donors (Lipinski definition) is 2. The topological polar surface area (TPSA) is 71.2 Å². The Labute approximate surface area is 123 Å². The van der Waals surface area contributed by atoms with Gasteiger partial charge in [0.15, 0.2) is 0 Å². The molecule has 5 heteroatoms. The molecule has 0 unspecified atom stereocenters. The lowest BCUT2D eigenvalue weighted by atomic mass is 10.0. The number of amides is 1. The molecule has 2 N–H and O–H groups in total. The molecule has 0 aliphatic rings. The van der Waals surface area contributed by atoms with Gasteiger partial charge in [0.2, 0.25) is 0 Å². The summed E-state index contributed by atoms with van der Waals surface area (Å²) < 4.78 is 4.71. The highest BCUT2D eigenvalue weighted by molar-refractivity contribution is 6.05. The standard InChI is InChI=1S/C16H18N2O3/c1-10-8-17-9-14(10)15(19)18-13-6-4-12(5-7-13)11(2)16(20)21-3/h4-9,11,17H,1-3H3,(H,18,19)/t11-/m1/s1. The Balaban J connectivity index is 2.08. The predicted octanol–water partition coefficient (Wildman–Crippen LogP) is 2.85. The van der Waals surface area contributed by atoms with Gasteiger partial charge in [-0.1, -0.05) is 12.1 Å². The zero-order chi connectivity index (χ0) is 15.4. The number of aromatic nitrogens is 1. The molecule has 110 valence electrons. The van der Waals surface area contributed by atoms with Crippen molar-refractivity contribution in [2.75, 3.05) is 12.4 Å². The molecule has 0 saturated carbocycles. The van der Waals surface area contributed by atoms with Crippen molar-refractivity contribution in [2.45, 2.75) is 19.8 Å². The van der Waals surface area contributed by atoms with Crippen molar-refractivity contribution in [3.8, 4) is 0 Å². The summed E-state index contributed by atoms with van der Waals surface area (Å²) in [5.41, 5.74) is 3.03. The maximum absolute atomic E-state index is 12.1. The van der Waals surface area contributed by atoms with E-state index in [4.69, 9.17) is 4.74 Å². The van der Waals surface area contributed by atoms with Gasteiger partial charge >= 0.3 is 5.97 Å².